The van der Waals surface area contributed by atoms with E-state index in [9.17, 15) is 4.79 Å². The minimum Gasteiger partial charge on any atom is -0.497 e. The van der Waals surface area contributed by atoms with Gasteiger partial charge < -0.3 is 15.4 Å². The van der Waals surface area contributed by atoms with Crippen molar-refractivity contribution in [2.75, 3.05) is 20.2 Å². The summed E-state index contributed by atoms with van der Waals surface area (Å²) >= 11 is 0. The summed E-state index contributed by atoms with van der Waals surface area (Å²) in [6.45, 7) is 6.23. The fourth-order valence-electron chi connectivity index (χ4n) is 3.21. The molecule has 0 radical (unpaired) electrons. The topological polar surface area (TPSA) is 73.4 Å². The molecule has 6 nitrogen and oxygen atoms in total. The average Bonchev–Trinajstić information content (AvgIpc) is 3.06. The Hall–Kier alpha value is -2.05. The predicted octanol–water partition coefficient (Wildman–Crippen LogP) is 2.56. The molecule has 3 rings (SSSR count). The van der Waals surface area contributed by atoms with E-state index in [4.69, 9.17) is 10.5 Å². The van der Waals surface area contributed by atoms with Crippen LogP contribution in [0.15, 0.2) is 36.7 Å². The smallest absolute Gasteiger partial charge is 0.257 e. The molecule has 0 aliphatic carbocycles. The van der Waals surface area contributed by atoms with Gasteiger partial charge in [0, 0.05) is 25.3 Å². The summed E-state index contributed by atoms with van der Waals surface area (Å²) in [5.74, 6) is 0.854. The van der Waals surface area contributed by atoms with Crippen molar-refractivity contribution >= 4 is 18.3 Å². The van der Waals surface area contributed by atoms with Gasteiger partial charge in [-0.1, -0.05) is 26.0 Å². The van der Waals surface area contributed by atoms with Crippen LogP contribution in [0.3, 0.4) is 0 Å². The number of benzene rings is 1. The van der Waals surface area contributed by atoms with Crippen molar-refractivity contribution < 1.29 is 9.53 Å². The summed E-state index contributed by atoms with van der Waals surface area (Å²) in [6.07, 6.45) is 4.29. The van der Waals surface area contributed by atoms with Gasteiger partial charge in [-0.15, -0.1) is 12.4 Å². The largest absolute Gasteiger partial charge is 0.497 e. The van der Waals surface area contributed by atoms with E-state index in [1.54, 1.807) is 18.0 Å². The molecule has 1 fully saturated rings. The fourth-order valence-corrected chi connectivity index (χ4v) is 3.21. The molecule has 1 atom stereocenters. The van der Waals surface area contributed by atoms with E-state index in [2.05, 4.69) is 18.9 Å². The Bertz CT molecular complexity index is 742. The summed E-state index contributed by atoms with van der Waals surface area (Å²) in [4.78, 5) is 14.6. The number of rotatable bonds is 4. The lowest BCUT2D eigenvalue weighted by Gasteiger charge is -2.42. The van der Waals surface area contributed by atoms with Gasteiger partial charge in [0.2, 0.25) is 0 Å². The third kappa shape index (κ3) is 4.37. The lowest BCUT2D eigenvalue weighted by Crippen LogP contribution is -2.53. The third-order valence-corrected chi connectivity index (χ3v) is 4.98. The van der Waals surface area contributed by atoms with E-state index in [1.807, 2.05) is 35.4 Å². The standard InChI is InChI=1S/C19H26N4O2.ClH/c1-19(2)13-22(9-8-17(19)20)18(24)15-10-21-23(12-15)11-14-4-6-16(25-3)7-5-14;/h4-7,10,12,17H,8-9,11,13,20H2,1-3H3;1H. The minimum atomic E-state index is -0.0625. The van der Waals surface area contributed by atoms with Crippen molar-refractivity contribution in [3.8, 4) is 5.75 Å². The van der Waals surface area contributed by atoms with Gasteiger partial charge >= 0.3 is 0 Å². The summed E-state index contributed by atoms with van der Waals surface area (Å²) in [6, 6.07) is 7.97. The number of halogens is 1. The van der Waals surface area contributed by atoms with E-state index in [0.29, 0.717) is 25.2 Å². The molecule has 2 aromatic rings. The van der Waals surface area contributed by atoms with E-state index in [-0.39, 0.29) is 29.8 Å². The number of likely N-dealkylation sites (tertiary alicyclic amines) is 1. The number of carbonyl (C=O) groups excluding carboxylic acids is 1. The normalized spacial score (nSPS) is 18.9. The van der Waals surface area contributed by atoms with Gasteiger partial charge in [0.05, 0.1) is 25.4 Å². The van der Waals surface area contributed by atoms with E-state index in [1.165, 1.54) is 0 Å². The zero-order valence-electron chi connectivity index (χ0n) is 15.5. The second-order valence-electron chi connectivity index (χ2n) is 7.39. The molecule has 1 aliphatic rings. The van der Waals surface area contributed by atoms with Crippen molar-refractivity contribution in [1.82, 2.24) is 14.7 Å². The number of methoxy groups -OCH3 is 1. The Morgan fingerprint density at radius 3 is 2.65 bits per heavy atom. The molecule has 2 N–H and O–H groups in total. The summed E-state index contributed by atoms with van der Waals surface area (Å²) in [5.41, 5.74) is 7.83. The highest BCUT2D eigenvalue weighted by Gasteiger charge is 2.35. The first-order valence-electron chi connectivity index (χ1n) is 8.59. The molecule has 0 bridgehead atoms. The zero-order valence-corrected chi connectivity index (χ0v) is 16.3. The van der Waals surface area contributed by atoms with E-state index in [0.717, 1.165) is 17.7 Å². The van der Waals surface area contributed by atoms with Crippen LogP contribution in [0.5, 0.6) is 5.75 Å². The molecular weight excluding hydrogens is 352 g/mol. The van der Waals surface area contributed by atoms with E-state index >= 15 is 0 Å². The fraction of sp³-hybridized carbons (Fsp3) is 0.474. The molecule has 0 saturated carbocycles. The summed E-state index contributed by atoms with van der Waals surface area (Å²) < 4.78 is 6.95. The number of nitrogens with zero attached hydrogens (tertiary/aromatic N) is 3. The van der Waals surface area contributed by atoms with Gasteiger partial charge in [0.1, 0.15) is 5.75 Å². The molecule has 26 heavy (non-hydrogen) atoms. The number of amides is 1. The predicted molar refractivity (Wildman–Crippen MR) is 104 cm³/mol. The Kier molecular flexibility index (Phi) is 6.31. The Balaban J connectivity index is 0.00000243. The van der Waals surface area contributed by atoms with Crippen LogP contribution >= 0.6 is 12.4 Å². The van der Waals surface area contributed by atoms with Crippen LogP contribution in [0.4, 0.5) is 0 Å². The van der Waals surface area contributed by atoms with Gasteiger partial charge in [0.15, 0.2) is 0 Å². The van der Waals surface area contributed by atoms with Crippen LogP contribution < -0.4 is 10.5 Å². The highest BCUT2D eigenvalue weighted by Crippen LogP contribution is 2.28. The number of ether oxygens (including phenoxy) is 1. The Morgan fingerprint density at radius 1 is 1.35 bits per heavy atom. The van der Waals surface area contributed by atoms with Gasteiger partial charge in [-0.25, -0.2) is 0 Å². The third-order valence-electron chi connectivity index (χ3n) is 4.98. The molecule has 1 aromatic heterocycles. The quantitative estimate of drug-likeness (QED) is 0.887. The average molecular weight is 379 g/mol. The highest BCUT2D eigenvalue weighted by molar-refractivity contribution is 5.93. The van der Waals surface area contributed by atoms with Crippen LogP contribution in [0.25, 0.3) is 0 Å². The molecule has 1 aromatic carbocycles. The lowest BCUT2D eigenvalue weighted by molar-refractivity contribution is 0.0533. The number of nitrogens with two attached hydrogens (primary N) is 1. The maximum Gasteiger partial charge on any atom is 0.257 e. The first-order chi connectivity index (χ1) is 11.9. The first kappa shape index (κ1) is 20.3. The Morgan fingerprint density at radius 2 is 2.04 bits per heavy atom. The zero-order chi connectivity index (χ0) is 18.0. The van der Waals surface area contributed by atoms with Crippen molar-refractivity contribution in [3.05, 3.63) is 47.8 Å². The Labute approximate surface area is 160 Å². The monoisotopic (exact) mass is 378 g/mol. The number of piperidine rings is 1. The number of hydrogen-bond acceptors (Lipinski definition) is 4. The molecule has 7 heteroatoms. The van der Waals surface area contributed by atoms with Crippen molar-refractivity contribution in [1.29, 1.82) is 0 Å². The molecule has 142 valence electrons. The van der Waals surface area contributed by atoms with Gasteiger partial charge in [-0.05, 0) is 29.5 Å². The molecule has 1 aliphatic heterocycles. The van der Waals surface area contributed by atoms with Crippen LogP contribution in [0, 0.1) is 5.41 Å². The van der Waals surface area contributed by atoms with E-state index < -0.39 is 0 Å². The number of aromatic nitrogens is 2. The summed E-state index contributed by atoms with van der Waals surface area (Å²) in [5, 5.41) is 4.33. The second-order valence-corrected chi connectivity index (χ2v) is 7.39. The van der Waals surface area contributed by atoms with Crippen molar-refractivity contribution in [3.63, 3.8) is 0 Å². The molecule has 0 spiro atoms. The second kappa shape index (κ2) is 8.10. The van der Waals surface area contributed by atoms with Crippen molar-refractivity contribution in [2.45, 2.75) is 32.9 Å². The number of carbonyl (C=O) groups is 1. The molecule has 2 heterocycles. The highest BCUT2D eigenvalue weighted by atomic mass is 35.5. The van der Waals surface area contributed by atoms with Gasteiger partial charge in [0.25, 0.3) is 5.91 Å². The summed E-state index contributed by atoms with van der Waals surface area (Å²) in [7, 11) is 1.65. The molecule has 1 unspecified atom stereocenters. The lowest BCUT2D eigenvalue weighted by atomic mass is 9.79. The van der Waals surface area contributed by atoms with Crippen LogP contribution in [-0.2, 0) is 6.54 Å². The van der Waals surface area contributed by atoms with Crippen molar-refractivity contribution in [2.24, 2.45) is 11.1 Å². The van der Waals surface area contributed by atoms with Crippen LogP contribution in [-0.4, -0.2) is 46.8 Å². The maximum absolute atomic E-state index is 12.8. The molecule has 1 saturated heterocycles. The van der Waals surface area contributed by atoms with Crippen LogP contribution in [0.2, 0.25) is 0 Å². The van der Waals surface area contributed by atoms with Gasteiger partial charge in [-0.2, -0.15) is 5.10 Å². The molecular formula is C19H27ClN4O2. The SMILES string of the molecule is COc1ccc(Cn2cc(C(=O)N3CCC(N)C(C)(C)C3)cn2)cc1.Cl. The first-order valence-corrected chi connectivity index (χ1v) is 8.59. The minimum absolute atomic E-state index is 0. The molecule has 1 amide bonds. The number of hydrogen-bond donors (Lipinski definition) is 1. The van der Waals surface area contributed by atoms with Crippen LogP contribution in [0.1, 0.15) is 36.2 Å². The van der Waals surface area contributed by atoms with Gasteiger partial charge in [-0.3, -0.25) is 9.48 Å². The maximum atomic E-state index is 12.8.